The van der Waals surface area contributed by atoms with Crippen molar-refractivity contribution in [2.45, 2.75) is 13.0 Å². The van der Waals surface area contributed by atoms with E-state index in [4.69, 9.17) is 4.74 Å². The van der Waals surface area contributed by atoms with Crippen molar-refractivity contribution in [3.05, 3.63) is 47.5 Å². The highest BCUT2D eigenvalue weighted by Gasteiger charge is 2.35. The van der Waals surface area contributed by atoms with Gasteiger partial charge in [0.15, 0.2) is 6.10 Å². The predicted octanol–water partition coefficient (Wildman–Crippen LogP) is 0.469. The van der Waals surface area contributed by atoms with Crippen LogP contribution in [0.15, 0.2) is 30.9 Å². The van der Waals surface area contributed by atoms with Gasteiger partial charge in [0.1, 0.15) is 0 Å². The molecule has 0 aromatic heterocycles. The maximum Gasteiger partial charge on any atom is 0.338 e. The van der Waals surface area contributed by atoms with E-state index in [9.17, 15) is 24.0 Å². The number of nitrogens with zero attached hydrogens (tertiary/aromatic N) is 1. The monoisotopic (exact) mass is 359 g/mol. The molecule has 1 aromatic rings. The van der Waals surface area contributed by atoms with E-state index in [-0.39, 0.29) is 23.2 Å². The van der Waals surface area contributed by atoms with Crippen LogP contribution in [0.25, 0.3) is 0 Å². The molecule has 2 rings (SSSR count). The standard InChI is InChI=1S/C17H17N3O6/c1-4-7-20-14(22)11-6-5-10(8-12(11)15(20)23)16(24)26-9(2)13(21)19-17(25)18-3/h4-6,8-9H,1,7H2,2-3H3,(H2,18,19,21,25)/t9-/m0/s1. The van der Waals surface area contributed by atoms with Crippen LogP contribution < -0.4 is 10.6 Å². The SMILES string of the molecule is C=CCN1C(=O)c2ccc(C(=O)O[C@@H](C)C(=O)NC(=O)NC)cc2C1=O. The Balaban J connectivity index is 2.14. The normalized spacial score (nSPS) is 13.7. The van der Waals surface area contributed by atoms with Crippen LogP contribution in [0.2, 0.25) is 0 Å². The molecule has 1 aliphatic heterocycles. The van der Waals surface area contributed by atoms with Gasteiger partial charge in [0.25, 0.3) is 17.7 Å². The molecule has 0 aliphatic carbocycles. The molecule has 5 amide bonds. The van der Waals surface area contributed by atoms with Crippen LogP contribution in [0.3, 0.4) is 0 Å². The fourth-order valence-electron chi connectivity index (χ4n) is 2.27. The maximum absolute atomic E-state index is 12.3. The summed E-state index contributed by atoms with van der Waals surface area (Å²) >= 11 is 0. The van der Waals surface area contributed by atoms with Crippen molar-refractivity contribution in [2.75, 3.05) is 13.6 Å². The van der Waals surface area contributed by atoms with Crippen LogP contribution in [-0.4, -0.2) is 54.3 Å². The Kier molecular flexibility index (Phi) is 5.51. The first-order valence-electron chi connectivity index (χ1n) is 7.64. The molecular weight excluding hydrogens is 342 g/mol. The average Bonchev–Trinajstić information content (AvgIpc) is 2.86. The molecule has 0 radical (unpaired) electrons. The molecule has 0 bridgehead atoms. The molecule has 0 unspecified atom stereocenters. The summed E-state index contributed by atoms with van der Waals surface area (Å²) in [7, 11) is 1.33. The highest BCUT2D eigenvalue weighted by Crippen LogP contribution is 2.24. The van der Waals surface area contributed by atoms with Gasteiger partial charge in [-0.15, -0.1) is 6.58 Å². The molecule has 0 fully saturated rings. The highest BCUT2D eigenvalue weighted by atomic mass is 16.5. The van der Waals surface area contributed by atoms with Crippen LogP contribution in [0, 0.1) is 0 Å². The molecule has 9 heteroatoms. The molecule has 2 N–H and O–H groups in total. The van der Waals surface area contributed by atoms with E-state index >= 15 is 0 Å². The Morgan fingerprint density at radius 3 is 2.50 bits per heavy atom. The van der Waals surface area contributed by atoms with E-state index in [1.807, 2.05) is 5.32 Å². The molecule has 1 aromatic carbocycles. The second kappa shape index (κ2) is 7.60. The Morgan fingerprint density at radius 2 is 1.88 bits per heavy atom. The number of hydrogen-bond acceptors (Lipinski definition) is 6. The molecule has 1 atom stereocenters. The van der Waals surface area contributed by atoms with E-state index in [0.717, 1.165) is 4.90 Å². The number of urea groups is 1. The lowest BCUT2D eigenvalue weighted by atomic mass is 10.1. The zero-order valence-corrected chi connectivity index (χ0v) is 14.2. The number of esters is 1. The zero-order chi connectivity index (χ0) is 19.4. The van der Waals surface area contributed by atoms with Crippen LogP contribution in [0.1, 0.15) is 38.0 Å². The average molecular weight is 359 g/mol. The summed E-state index contributed by atoms with van der Waals surface area (Å²) < 4.78 is 4.98. The minimum atomic E-state index is -1.23. The number of rotatable bonds is 5. The van der Waals surface area contributed by atoms with Gasteiger partial charge >= 0.3 is 12.0 Å². The molecular formula is C17H17N3O6. The largest absolute Gasteiger partial charge is 0.449 e. The van der Waals surface area contributed by atoms with Gasteiger partial charge in [-0.1, -0.05) is 6.08 Å². The molecule has 0 saturated carbocycles. The molecule has 0 saturated heterocycles. The second-order valence-corrected chi connectivity index (χ2v) is 5.39. The summed E-state index contributed by atoms with van der Waals surface area (Å²) in [6.45, 7) is 4.84. The van der Waals surface area contributed by atoms with Crippen LogP contribution in [0.4, 0.5) is 4.79 Å². The van der Waals surface area contributed by atoms with Crippen molar-refractivity contribution in [3.63, 3.8) is 0 Å². The van der Waals surface area contributed by atoms with Crippen LogP contribution >= 0.6 is 0 Å². The van der Waals surface area contributed by atoms with Crippen molar-refractivity contribution in [1.82, 2.24) is 15.5 Å². The fraction of sp³-hybridized carbons (Fsp3) is 0.235. The van der Waals surface area contributed by atoms with Crippen molar-refractivity contribution in [2.24, 2.45) is 0 Å². The summed E-state index contributed by atoms with van der Waals surface area (Å²) in [5.41, 5.74) is 0.262. The van der Waals surface area contributed by atoms with Crippen molar-refractivity contribution < 1.29 is 28.7 Å². The lowest BCUT2D eigenvalue weighted by molar-refractivity contribution is -0.127. The molecule has 1 heterocycles. The molecule has 26 heavy (non-hydrogen) atoms. The summed E-state index contributed by atoms with van der Waals surface area (Å²) in [6, 6.07) is 3.18. The third-order valence-electron chi connectivity index (χ3n) is 3.63. The number of hydrogen-bond donors (Lipinski definition) is 2. The Labute approximate surface area is 149 Å². The lowest BCUT2D eigenvalue weighted by Crippen LogP contribution is -2.43. The third kappa shape index (κ3) is 3.61. The molecule has 9 nitrogen and oxygen atoms in total. The van der Waals surface area contributed by atoms with Gasteiger partial charge < -0.3 is 10.1 Å². The number of carbonyl (C=O) groups excluding carboxylic acids is 5. The lowest BCUT2D eigenvalue weighted by Gasteiger charge is -2.12. The number of carbonyl (C=O) groups is 5. The minimum absolute atomic E-state index is 0.00458. The number of fused-ring (bicyclic) bond motifs is 1. The van der Waals surface area contributed by atoms with Gasteiger partial charge in [0.2, 0.25) is 0 Å². The topological polar surface area (TPSA) is 122 Å². The zero-order valence-electron chi connectivity index (χ0n) is 14.2. The quantitative estimate of drug-likeness (QED) is 0.448. The molecule has 1 aliphatic rings. The first kappa shape index (κ1) is 18.8. The van der Waals surface area contributed by atoms with Crippen molar-refractivity contribution >= 4 is 29.7 Å². The van der Waals surface area contributed by atoms with Gasteiger partial charge in [-0.2, -0.15) is 0 Å². The minimum Gasteiger partial charge on any atom is -0.449 e. The number of benzene rings is 1. The number of amides is 5. The third-order valence-corrected chi connectivity index (χ3v) is 3.63. The summed E-state index contributed by atoms with van der Waals surface area (Å²) in [6.07, 6.45) is 0.187. The fourth-order valence-corrected chi connectivity index (χ4v) is 2.27. The van der Waals surface area contributed by atoms with Crippen LogP contribution in [-0.2, 0) is 9.53 Å². The smallest absolute Gasteiger partial charge is 0.338 e. The van der Waals surface area contributed by atoms with E-state index < -0.39 is 35.8 Å². The molecule has 136 valence electrons. The van der Waals surface area contributed by atoms with Gasteiger partial charge in [-0.05, 0) is 25.1 Å². The van der Waals surface area contributed by atoms with Crippen molar-refractivity contribution in [3.8, 4) is 0 Å². The second-order valence-electron chi connectivity index (χ2n) is 5.39. The first-order chi connectivity index (χ1) is 12.3. The molecule has 0 spiro atoms. The summed E-state index contributed by atoms with van der Waals surface area (Å²) in [4.78, 5) is 60.4. The number of ether oxygens (including phenoxy) is 1. The Hall–Kier alpha value is -3.49. The summed E-state index contributed by atoms with van der Waals surface area (Å²) in [5.74, 6) is -2.68. The van der Waals surface area contributed by atoms with E-state index in [1.165, 1.54) is 38.2 Å². The van der Waals surface area contributed by atoms with E-state index in [1.54, 1.807) is 0 Å². The van der Waals surface area contributed by atoms with Gasteiger partial charge in [0, 0.05) is 13.6 Å². The maximum atomic E-state index is 12.3. The highest BCUT2D eigenvalue weighted by molar-refractivity contribution is 6.22. The van der Waals surface area contributed by atoms with Gasteiger partial charge in [-0.3, -0.25) is 24.6 Å². The number of nitrogens with one attached hydrogen (secondary N) is 2. The number of imide groups is 2. The van der Waals surface area contributed by atoms with Gasteiger partial charge in [0.05, 0.1) is 16.7 Å². The van der Waals surface area contributed by atoms with E-state index in [2.05, 4.69) is 11.9 Å². The summed E-state index contributed by atoms with van der Waals surface area (Å²) in [5, 5.41) is 4.17. The van der Waals surface area contributed by atoms with Crippen LogP contribution in [0.5, 0.6) is 0 Å². The predicted molar refractivity (Wildman–Crippen MR) is 89.5 cm³/mol. The first-order valence-corrected chi connectivity index (χ1v) is 7.64. The Bertz CT molecular complexity index is 817. The Morgan fingerprint density at radius 1 is 1.23 bits per heavy atom. The van der Waals surface area contributed by atoms with E-state index in [0.29, 0.717) is 0 Å². The van der Waals surface area contributed by atoms with Gasteiger partial charge in [-0.25, -0.2) is 9.59 Å². The van der Waals surface area contributed by atoms with Crippen molar-refractivity contribution in [1.29, 1.82) is 0 Å².